The minimum atomic E-state index is -3.88. The average molecular weight is 508 g/mol. The number of anilines is 1. The molecule has 0 unspecified atom stereocenters. The molecule has 0 N–H and O–H groups in total. The first-order valence-corrected chi connectivity index (χ1v) is 12.8. The Kier molecular flexibility index (Phi) is 6.64. The Morgan fingerprint density at radius 1 is 0.917 bits per heavy atom. The molecule has 0 aliphatic carbocycles. The van der Waals surface area contributed by atoms with Crippen LogP contribution < -0.4 is 5.06 Å². The van der Waals surface area contributed by atoms with E-state index in [9.17, 15) is 13.2 Å². The molecule has 0 spiro atoms. The highest BCUT2D eigenvalue weighted by Gasteiger charge is 2.25. The monoisotopic (exact) mass is 507 g/mol. The van der Waals surface area contributed by atoms with E-state index in [1.54, 1.807) is 57.2 Å². The molecule has 0 saturated heterocycles. The largest absolute Gasteiger partial charge is 0.442 e. The predicted molar refractivity (Wildman–Crippen MR) is 139 cm³/mol. The summed E-state index contributed by atoms with van der Waals surface area (Å²) in [5.41, 5.74) is 3.63. The van der Waals surface area contributed by atoms with Gasteiger partial charge in [-0.3, -0.25) is 4.84 Å². The van der Waals surface area contributed by atoms with Crippen molar-refractivity contribution in [2.45, 2.75) is 45.1 Å². The van der Waals surface area contributed by atoms with Gasteiger partial charge in [-0.15, -0.1) is 0 Å². The van der Waals surface area contributed by atoms with E-state index in [4.69, 9.17) is 9.57 Å². The van der Waals surface area contributed by atoms with Crippen LogP contribution in [0.5, 0.6) is 0 Å². The first kappa shape index (κ1) is 25.4. The van der Waals surface area contributed by atoms with Gasteiger partial charge in [-0.05, 0) is 81.6 Å². The summed E-state index contributed by atoms with van der Waals surface area (Å²) >= 11 is 0. The lowest BCUT2D eigenvalue weighted by atomic mass is 10.0. The molecule has 4 rings (SSSR count). The van der Waals surface area contributed by atoms with E-state index >= 15 is 0 Å². The molecule has 4 aromatic rings. The molecule has 36 heavy (non-hydrogen) atoms. The summed E-state index contributed by atoms with van der Waals surface area (Å²) in [6.45, 7) is 9.15. The fourth-order valence-electron chi connectivity index (χ4n) is 3.81. The van der Waals surface area contributed by atoms with Crippen molar-refractivity contribution >= 4 is 32.7 Å². The molecule has 0 aliphatic rings. The lowest BCUT2D eigenvalue weighted by molar-refractivity contribution is 0.0328. The van der Waals surface area contributed by atoms with Crippen molar-refractivity contribution in [3.05, 3.63) is 78.0 Å². The van der Waals surface area contributed by atoms with Crippen LogP contribution in [-0.2, 0) is 19.6 Å². The number of carbonyl (C=O) groups excluding carboxylic acids is 1. The maximum Gasteiger partial charge on any atom is 0.439 e. The summed E-state index contributed by atoms with van der Waals surface area (Å²) in [6.07, 6.45) is 0.890. The number of aryl methyl sites for hydroxylation is 2. The predicted octanol–water partition coefficient (Wildman–Crippen LogP) is 5.86. The van der Waals surface area contributed by atoms with Gasteiger partial charge in [0, 0.05) is 5.39 Å². The van der Waals surface area contributed by atoms with Gasteiger partial charge in [0.25, 0.3) is 10.0 Å². The molecule has 0 bridgehead atoms. The molecule has 188 valence electrons. The first-order chi connectivity index (χ1) is 16.9. The number of fused-ring (bicyclic) bond motifs is 1. The summed E-state index contributed by atoms with van der Waals surface area (Å²) in [5.74, 6) is 0. The number of hydrogen-bond acceptors (Lipinski definition) is 6. The van der Waals surface area contributed by atoms with Crippen molar-refractivity contribution in [3.8, 4) is 11.1 Å². The third kappa shape index (κ3) is 5.12. The van der Waals surface area contributed by atoms with Crippen LogP contribution >= 0.6 is 0 Å². The van der Waals surface area contributed by atoms with Gasteiger partial charge >= 0.3 is 6.09 Å². The normalized spacial score (nSPS) is 12.1. The van der Waals surface area contributed by atoms with Crippen molar-refractivity contribution < 1.29 is 22.8 Å². The summed E-state index contributed by atoms with van der Waals surface area (Å²) in [6, 6.07) is 17.7. The standard InChI is InChI=1S/C27H29N3O5S/c1-18-7-11-24(12-8-18)36(32,33)30-25-16-20(9-10-21(25)17-28-30)22-13-19(2)14-23(15-22)29(34-6)26(31)35-27(3,4)5/h7-17H,1-6H3. The number of amides is 1. The second kappa shape index (κ2) is 9.40. The fourth-order valence-corrected chi connectivity index (χ4v) is 5.08. The van der Waals surface area contributed by atoms with Gasteiger partial charge < -0.3 is 4.74 Å². The Morgan fingerprint density at radius 2 is 1.61 bits per heavy atom. The zero-order valence-corrected chi connectivity index (χ0v) is 22.0. The average Bonchev–Trinajstić information content (AvgIpc) is 3.22. The molecule has 8 nitrogen and oxygen atoms in total. The number of carbonyl (C=O) groups is 1. The number of benzene rings is 3. The zero-order chi connectivity index (χ0) is 26.3. The minimum Gasteiger partial charge on any atom is -0.442 e. The van der Waals surface area contributed by atoms with Gasteiger partial charge in [-0.1, -0.05) is 35.9 Å². The zero-order valence-electron chi connectivity index (χ0n) is 21.1. The summed E-state index contributed by atoms with van der Waals surface area (Å²) in [7, 11) is -2.49. The van der Waals surface area contributed by atoms with Crippen molar-refractivity contribution in [2.24, 2.45) is 0 Å². The van der Waals surface area contributed by atoms with Gasteiger partial charge in [0.2, 0.25) is 0 Å². The number of aromatic nitrogens is 2. The molecule has 0 aliphatic heterocycles. The maximum absolute atomic E-state index is 13.3. The van der Waals surface area contributed by atoms with Crippen LogP contribution in [0.25, 0.3) is 22.0 Å². The van der Waals surface area contributed by atoms with Crippen molar-refractivity contribution in [1.82, 2.24) is 9.19 Å². The highest BCUT2D eigenvalue weighted by atomic mass is 32.2. The second-order valence-electron chi connectivity index (χ2n) is 9.59. The van der Waals surface area contributed by atoms with Crippen LogP contribution in [0.15, 0.2) is 71.8 Å². The van der Waals surface area contributed by atoms with Crippen LogP contribution in [-0.4, -0.2) is 36.4 Å². The topological polar surface area (TPSA) is 90.7 Å². The van der Waals surface area contributed by atoms with E-state index in [-0.39, 0.29) is 4.90 Å². The van der Waals surface area contributed by atoms with Crippen LogP contribution in [0, 0.1) is 13.8 Å². The van der Waals surface area contributed by atoms with Crippen LogP contribution in [0.4, 0.5) is 10.5 Å². The van der Waals surface area contributed by atoms with Gasteiger partial charge in [0.15, 0.2) is 0 Å². The molecule has 1 heterocycles. The van der Waals surface area contributed by atoms with E-state index < -0.39 is 21.7 Å². The van der Waals surface area contributed by atoms with Crippen LogP contribution in [0.1, 0.15) is 31.9 Å². The number of hydrogen-bond donors (Lipinski definition) is 0. The number of hydroxylamine groups is 1. The lowest BCUT2D eigenvalue weighted by Gasteiger charge is -2.26. The van der Waals surface area contributed by atoms with Crippen molar-refractivity contribution in [2.75, 3.05) is 12.2 Å². The molecule has 0 atom stereocenters. The number of rotatable bonds is 5. The SMILES string of the molecule is CON(C(=O)OC(C)(C)C)c1cc(C)cc(-c2ccc3cnn(S(=O)(=O)c4ccc(C)cc4)c3c2)c1. The minimum absolute atomic E-state index is 0.162. The Labute approximate surface area is 211 Å². The van der Waals surface area contributed by atoms with Crippen molar-refractivity contribution in [1.29, 1.82) is 0 Å². The van der Waals surface area contributed by atoms with Crippen LogP contribution in [0.2, 0.25) is 0 Å². The number of nitrogens with zero attached hydrogens (tertiary/aromatic N) is 3. The first-order valence-electron chi connectivity index (χ1n) is 11.4. The van der Waals surface area contributed by atoms with Crippen LogP contribution in [0.3, 0.4) is 0 Å². The van der Waals surface area contributed by atoms with Gasteiger partial charge in [0.1, 0.15) is 5.60 Å². The van der Waals surface area contributed by atoms with Gasteiger partial charge in [0.05, 0.1) is 29.4 Å². The molecule has 0 radical (unpaired) electrons. The van der Waals surface area contributed by atoms with E-state index in [1.165, 1.54) is 13.3 Å². The molecule has 0 saturated carbocycles. The Morgan fingerprint density at radius 3 is 2.25 bits per heavy atom. The Balaban J connectivity index is 1.78. The molecule has 1 aromatic heterocycles. The van der Waals surface area contributed by atoms with E-state index in [0.29, 0.717) is 16.6 Å². The fraction of sp³-hybridized carbons (Fsp3) is 0.259. The smallest absolute Gasteiger partial charge is 0.439 e. The quantitative estimate of drug-likeness (QED) is 0.314. The highest BCUT2D eigenvalue weighted by Crippen LogP contribution is 2.31. The summed E-state index contributed by atoms with van der Waals surface area (Å²) < 4.78 is 33.2. The Bertz CT molecular complexity index is 1530. The molecule has 3 aromatic carbocycles. The highest BCUT2D eigenvalue weighted by molar-refractivity contribution is 7.90. The number of ether oxygens (including phenoxy) is 1. The summed E-state index contributed by atoms with van der Waals surface area (Å²) in [5, 5.41) is 5.95. The van der Waals surface area contributed by atoms with Crippen molar-refractivity contribution in [3.63, 3.8) is 0 Å². The Hall–Kier alpha value is -3.69. The van der Waals surface area contributed by atoms with E-state index in [2.05, 4.69) is 5.10 Å². The molecular formula is C27H29N3O5S. The van der Waals surface area contributed by atoms with E-state index in [1.807, 2.05) is 38.1 Å². The van der Waals surface area contributed by atoms with Gasteiger partial charge in [-0.25, -0.2) is 4.79 Å². The lowest BCUT2D eigenvalue weighted by Crippen LogP contribution is -2.36. The third-order valence-electron chi connectivity index (χ3n) is 5.46. The van der Waals surface area contributed by atoms with Gasteiger partial charge in [-0.2, -0.15) is 22.7 Å². The molecule has 9 heteroatoms. The second-order valence-corrected chi connectivity index (χ2v) is 11.4. The molecule has 0 fully saturated rings. The molecule has 1 amide bonds. The summed E-state index contributed by atoms with van der Waals surface area (Å²) in [4.78, 5) is 18.2. The maximum atomic E-state index is 13.3. The van der Waals surface area contributed by atoms with E-state index in [0.717, 1.165) is 31.4 Å². The molecular weight excluding hydrogens is 478 g/mol. The third-order valence-corrected chi connectivity index (χ3v) is 7.07.